The highest BCUT2D eigenvalue weighted by Gasteiger charge is 2.41. The van der Waals surface area contributed by atoms with Gasteiger partial charge in [-0.2, -0.15) is 26.3 Å². The smallest absolute Gasteiger partial charge is 0.409 e. The normalized spacial score (nSPS) is 15.1. The van der Waals surface area contributed by atoms with E-state index in [1.54, 1.807) is 0 Å². The Hall–Kier alpha value is -4.05. The summed E-state index contributed by atoms with van der Waals surface area (Å²) >= 11 is 0. The molecule has 2 aromatic rings. The number of carbonyl (C=O) groups is 1. The van der Waals surface area contributed by atoms with E-state index < -0.39 is 46.7 Å². The molecule has 214 valence electrons. The fraction of sp³-hybridized carbons (Fsp3) is 0.333. The molecular formula is C27H24F7N3O3. The van der Waals surface area contributed by atoms with Gasteiger partial charge in [0, 0.05) is 55.4 Å². The number of nitrogens with two attached hydrogens (primary N) is 1. The molecule has 6 nitrogen and oxygen atoms in total. The third-order valence-electron chi connectivity index (χ3n) is 5.82. The molecule has 0 aliphatic carbocycles. The number of ether oxygens (including phenoxy) is 2. The Bertz CT molecular complexity index is 1320. The quantitative estimate of drug-likeness (QED) is 0.260. The molecule has 0 bridgehead atoms. The molecule has 1 amide bonds. The number of rotatable bonds is 5. The van der Waals surface area contributed by atoms with Gasteiger partial charge >= 0.3 is 18.4 Å². The van der Waals surface area contributed by atoms with E-state index in [9.17, 15) is 35.5 Å². The second-order valence-electron chi connectivity index (χ2n) is 8.60. The predicted molar refractivity (Wildman–Crippen MR) is 134 cm³/mol. The molecule has 1 aliphatic rings. The van der Waals surface area contributed by atoms with Crippen molar-refractivity contribution in [3.8, 4) is 17.6 Å². The Morgan fingerprint density at radius 3 is 2.35 bits per heavy atom. The van der Waals surface area contributed by atoms with Crippen molar-refractivity contribution in [1.82, 2.24) is 0 Å². The van der Waals surface area contributed by atoms with Crippen LogP contribution in [-0.2, 0) is 17.1 Å². The summed E-state index contributed by atoms with van der Waals surface area (Å²) in [7, 11) is 1.13. The van der Waals surface area contributed by atoms with Crippen LogP contribution in [-0.4, -0.2) is 39.1 Å². The minimum absolute atomic E-state index is 0.0488. The summed E-state index contributed by atoms with van der Waals surface area (Å²) in [6.45, 7) is 1.03. The number of amides is 1. The number of nitrogens with zero attached hydrogens (tertiary/aromatic N) is 2. The highest BCUT2D eigenvalue weighted by Crippen LogP contribution is 2.44. The van der Waals surface area contributed by atoms with Gasteiger partial charge < -0.3 is 15.2 Å². The number of anilines is 1. The number of hydrogen-bond acceptors (Lipinski definition) is 5. The molecule has 3 rings (SSSR count). The van der Waals surface area contributed by atoms with Crippen LogP contribution in [0.1, 0.15) is 29.5 Å². The van der Waals surface area contributed by atoms with Gasteiger partial charge in [-0.15, -0.1) is 0 Å². The Morgan fingerprint density at radius 1 is 1.12 bits per heavy atom. The fourth-order valence-corrected chi connectivity index (χ4v) is 3.68. The van der Waals surface area contributed by atoms with Gasteiger partial charge in [0.2, 0.25) is 0 Å². The van der Waals surface area contributed by atoms with Crippen molar-refractivity contribution in [3.05, 3.63) is 65.1 Å². The summed E-state index contributed by atoms with van der Waals surface area (Å²) in [4.78, 5) is 17.5. The van der Waals surface area contributed by atoms with E-state index in [1.807, 2.05) is 0 Å². The molecule has 2 N–H and O–H groups in total. The SMILES string of the molecule is CN(C(=O)Oc1c(/C(C=NCC#CC2CCOCC2)=C/N)cc(C(F)(F)F)cc1C(F)(F)F)c1ccc(F)cc1. The molecular weight excluding hydrogens is 547 g/mol. The molecule has 2 aromatic carbocycles. The van der Waals surface area contributed by atoms with Gasteiger partial charge in [-0.25, -0.2) is 9.18 Å². The van der Waals surface area contributed by atoms with Crippen molar-refractivity contribution in [2.24, 2.45) is 16.6 Å². The summed E-state index contributed by atoms with van der Waals surface area (Å²) in [5, 5.41) is 0. The zero-order valence-corrected chi connectivity index (χ0v) is 21.1. The molecule has 1 fully saturated rings. The van der Waals surface area contributed by atoms with Gasteiger partial charge in [0.25, 0.3) is 0 Å². The molecule has 0 saturated carbocycles. The molecule has 1 heterocycles. The van der Waals surface area contributed by atoms with Crippen LogP contribution in [0.3, 0.4) is 0 Å². The monoisotopic (exact) mass is 571 g/mol. The molecule has 13 heteroatoms. The third kappa shape index (κ3) is 7.98. The number of benzene rings is 2. The summed E-state index contributed by atoms with van der Waals surface area (Å²) in [6, 6.07) is 4.55. The lowest BCUT2D eigenvalue weighted by Gasteiger charge is -2.22. The van der Waals surface area contributed by atoms with Crippen LogP contribution in [0.25, 0.3) is 5.57 Å². The van der Waals surface area contributed by atoms with Crippen molar-refractivity contribution in [1.29, 1.82) is 0 Å². The van der Waals surface area contributed by atoms with Crippen molar-refractivity contribution in [2.75, 3.05) is 31.7 Å². The fourth-order valence-electron chi connectivity index (χ4n) is 3.68. The van der Waals surface area contributed by atoms with Crippen molar-refractivity contribution < 1.29 is 45.0 Å². The van der Waals surface area contributed by atoms with Crippen LogP contribution in [0.5, 0.6) is 5.75 Å². The Morgan fingerprint density at radius 2 is 1.77 bits per heavy atom. The first-order valence-electron chi connectivity index (χ1n) is 11.8. The van der Waals surface area contributed by atoms with E-state index in [2.05, 4.69) is 16.8 Å². The van der Waals surface area contributed by atoms with Crippen LogP contribution in [0.15, 0.2) is 47.6 Å². The second kappa shape index (κ2) is 12.9. The molecule has 0 aromatic heterocycles. The van der Waals surface area contributed by atoms with Crippen LogP contribution in [0.4, 0.5) is 41.2 Å². The number of aliphatic imine (C=N–C) groups is 1. The predicted octanol–water partition coefficient (Wildman–Crippen LogP) is 6.30. The molecule has 0 spiro atoms. The van der Waals surface area contributed by atoms with Crippen molar-refractivity contribution >= 4 is 23.6 Å². The Balaban J connectivity index is 2.02. The molecule has 1 aliphatic heterocycles. The highest BCUT2D eigenvalue weighted by atomic mass is 19.4. The summed E-state index contributed by atoms with van der Waals surface area (Å²) in [5.41, 5.74) is 0.965. The lowest BCUT2D eigenvalue weighted by molar-refractivity contribution is -0.143. The zero-order valence-electron chi connectivity index (χ0n) is 21.1. The minimum Gasteiger partial charge on any atom is -0.409 e. The maximum absolute atomic E-state index is 14.0. The standard InChI is InChI=1S/C27H24F7N3O3/c1-37(21-6-4-20(28)5-7-21)25(38)40-24-22(13-19(26(29,30)31)14-23(24)27(32,33)34)18(15-35)16-36-10-2-3-17-8-11-39-12-9-17/h4-7,13-17H,8-12,35H2,1H3/b18-15+,36-16?. The lowest BCUT2D eigenvalue weighted by Crippen LogP contribution is -2.30. The lowest BCUT2D eigenvalue weighted by atomic mass is 9.98. The average molecular weight is 571 g/mol. The summed E-state index contributed by atoms with van der Waals surface area (Å²) in [5.74, 6) is 4.03. The number of allylic oxidation sites excluding steroid dienone is 1. The van der Waals surface area contributed by atoms with E-state index in [0.717, 1.165) is 61.5 Å². The Kier molecular flexibility index (Phi) is 9.81. The van der Waals surface area contributed by atoms with Gasteiger partial charge in [0.05, 0.1) is 17.7 Å². The van der Waals surface area contributed by atoms with E-state index in [4.69, 9.17) is 15.2 Å². The third-order valence-corrected chi connectivity index (χ3v) is 5.82. The maximum atomic E-state index is 14.0. The van der Waals surface area contributed by atoms with Crippen molar-refractivity contribution in [2.45, 2.75) is 25.2 Å². The first-order valence-corrected chi connectivity index (χ1v) is 11.8. The van der Waals surface area contributed by atoms with E-state index in [0.29, 0.717) is 19.3 Å². The van der Waals surface area contributed by atoms with E-state index in [-0.39, 0.29) is 29.8 Å². The van der Waals surface area contributed by atoms with E-state index >= 15 is 0 Å². The maximum Gasteiger partial charge on any atom is 0.420 e. The van der Waals surface area contributed by atoms with Gasteiger partial charge in [-0.05, 0) is 49.2 Å². The number of hydrogen-bond donors (Lipinski definition) is 1. The second-order valence-corrected chi connectivity index (χ2v) is 8.60. The molecule has 0 radical (unpaired) electrons. The summed E-state index contributed by atoms with van der Waals surface area (Å²) in [6.07, 6.45) is -8.75. The number of alkyl halides is 6. The molecule has 0 unspecified atom stereocenters. The van der Waals surface area contributed by atoms with E-state index in [1.165, 1.54) is 0 Å². The molecule has 0 atom stereocenters. The van der Waals surface area contributed by atoms with Crippen LogP contribution < -0.4 is 15.4 Å². The molecule has 40 heavy (non-hydrogen) atoms. The van der Waals surface area contributed by atoms with Crippen LogP contribution in [0, 0.1) is 23.6 Å². The first-order chi connectivity index (χ1) is 18.8. The largest absolute Gasteiger partial charge is 0.420 e. The minimum atomic E-state index is -5.36. The number of carbonyl (C=O) groups excluding carboxylic acids is 1. The van der Waals surface area contributed by atoms with Crippen LogP contribution in [0.2, 0.25) is 0 Å². The Labute approximate surface area is 225 Å². The highest BCUT2D eigenvalue weighted by molar-refractivity contribution is 6.11. The number of halogens is 7. The first kappa shape index (κ1) is 30.5. The molecule has 1 saturated heterocycles. The van der Waals surface area contributed by atoms with Crippen molar-refractivity contribution in [3.63, 3.8) is 0 Å². The topological polar surface area (TPSA) is 77.2 Å². The van der Waals surface area contributed by atoms with Gasteiger partial charge in [0.15, 0.2) is 5.75 Å². The van der Waals surface area contributed by atoms with Gasteiger partial charge in [0.1, 0.15) is 5.82 Å². The van der Waals surface area contributed by atoms with Gasteiger partial charge in [-0.3, -0.25) is 9.89 Å². The average Bonchev–Trinajstić information content (AvgIpc) is 2.90. The zero-order chi connectivity index (χ0) is 29.5. The van der Waals surface area contributed by atoms with Crippen LogP contribution >= 0.6 is 0 Å². The van der Waals surface area contributed by atoms with Gasteiger partial charge in [-0.1, -0.05) is 11.8 Å². The summed E-state index contributed by atoms with van der Waals surface area (Å²) < 4.78 is 106.